The molecule has 2 atom stereocenters. The SMILES string of the molecule is OC(c1ccc(Cl)cc1)C(Oc1cn[nH]n1)c1ccccc1. The van der Waals surface area contributed by atoms with Gasteiger partial charge in [-0.05, 0) is 23.3 Å². The Morgan fingerprint density at radius 2 is 1.73 bits per heavy atom. The van der Waals surface area contributed by atoms with E-state index in [2.05, 4.69) is 15.4 Å². The molecule has 0 aliphatic carbocycles. The Bertz CT molecular complexity index is 702. The lowest BCUT2D eigenvalue weighted by Gasteiger charge is -2.23. The molecule has 0 bridgehead atoms. The van der Waals surface area contributed by atoms with Crippen LogP contribution in [0.4, 0.5) is 0 Å². The summed E-state index contributed by atoms with van der Waals surface area (Å²) in [6.45, 7) is 0. The monoisotopic (exact) mass is 315 g/mol. The average molecular weight is 316 g/mol. The molecule has 0 amide bonds. The minimum absolute atomic E-state index is 0.321. The van der Waals surface area contributed by atoms with E-state index >= 15 is 0 Å². The molecule has 0 aliphatic heterocycles. The van der Waals surface area contributed by atoms with Crippen LogP contribution in [0.1, 0.15) is 23.3 Å². The van der Waals surface area contributed by atoms with Crippen molar-refractivity contribution in [1.29, 1.82) is 0 Å². The Morgan fingerprint density at radius 3 is 2.36 bits per heavy atom. The van der Waals surface area contributed by atoms with Gasteiger partial charge in [0.15, 0.2) is 6.10 Å². The molecule has 0 saturated carbocycles. The Hall–Kier alpha value is -2.37. The smallest absolute Gasteiger partial charge is 0.253 e. The van der Waals surface area contributed by atoms with Crippen molar-refractivity contribution in [2.24, 2.45) is 0 Å². The number of ether oxygens (including phenoxy) is 1. The maximum Gasteiger partial charge on any atom is 0.253 e. The number of aromatic nitrogens is 3. The van der Waals surface area contributed by atoms with E-state index in [0.717, 1.165) is 5.56 Å². The van der Waals surface area contributed by atoms with Crippen LogP contribution in [0.25, 0.3) is 0 Å². The molecule has 112 valence electrons. The summed E-state index contributed by atoms with van der Waals surface area (Å²) in [5.74, 6) is 0.321. The molecule has 3 aromatic rings. The summed E-state index contributed by atoms with van der Waals surface area (Å²) in [5.41, 5.74) is 1.55. The summed E-state index contributed by atoms with van der Waals surface area (Å²) < 4.78 is 5.80. The van der Waals surface area contributed by atoms with Gasteiger partial charge in [0.1, 0.15) is 12.3 Å². The van der Waals surface area contributed by atoms with E-state index in [4.69, 9.17) is 16.3 Å². The Morgan fingerprint density at radius 1 is 1.00 bits per heavy atom. The number of H-pyrrole nitrogens is 1. The minimum Gasteiger partial charge on any atom is -0.464 e. The number of rotatable bonds is 5. The highest BCUT2D eigenvalue weighted by atomic mass is 35.5. The van der Waals surface area contributed by atoms with E-state index in [1.165, 1.54) is 6.20 Å². The lowest BCUT2D eigenvalue weighted by molar-refractivity contribution is 0.0315. The summed E-state index contributed by atoms with van der Waals surface area (Å²) in [5, 5.41) is 21.4. The molecule has 0 radical (unpaired) electrons. The molecule has 1 heterocycles. The zero-order chi connectivity index (χ0) is 15.4. The number of nitrogens with zero attached hydrogens (tertiary/aromatic N) is 2. The first kappa shape index (κ1) is 14.6. The Balaban J connectivity index is 1.92. The van der Waals surface area contributed by atoms with Crippen LogP contribution >= 0.6 is 11.6 Å². The molecular weight excluding hydrogens is 302 g/mol. The minimum atomic E-state index is -0.864. The van der Waals surface area contributed by atoms with Crippen LogP contribution in [0.15, 0.2) is 60.8 Å². The highest BCUT2D eigenvalue weighted by Gasteiger charge is 2.25. The summed E-state index contributed by atoms with van der Waals surface area (Å²) in [4.78, 5) is 0. The van der Waals surface area contributed by atoms with Gasteiger partial charge in [0.2, 0.25) is 0 Å². The van der Waals surface area contributed by atoms with Gasteiger partial charge in [-0.25, -0.2) is 0 Å². The molecule has 0 spiro atoms. The van der Waals surface area contributed by atoms with Crippen LogP contribution in [-0.4, -0.2) is 20.5 Å². The van der Waals surface area contributed by atoms with E-state index < -0.39 is 12.2 Å². The Labute approximate surface area is 132 Å². The molecular formula is C16H14ClN3O2. The first-order valence-electron chi connectivity index (χ1n) is 6.75. The van der Waals surface area contributed by atoms with E-state index in [1.807, 2.05) is 30.3 Å². The van der Waals surface area contributed by atoms with E-state index in [1.54, 1.807) is 24.3 Å². The van der Waals surface area contributed by atoms with Crippen molar-refractivity contribution >= 4 is 11.6 Å². The van der Waals surface area contributed by atoms with Gasteiger partial charge in [0, 0.05) is 5.02 Å². The van der Waals surface area contributed by atoms with Crippen molar-refractivity contribution in [2.45, 2.75) is 12.2 Å². The maximum absolute atomic E-state index is 10.7. The second-order valence-electron chi connectivity index (χ2n) is 4.75. The third kappa shape index (κ3) is 3.27. The van der Waals surface area contributed by atoms with Gasteiger partial charge in [-0.15, -0.1) is 5.10 Å². The van der Waals surface area contributed by atoms with Gasteiger partial charge in [0.25, 0.3) is 5.88 Å². The van der Waals surface area contributed by atoms with Gasteiger partial charge in [0.05, 0.1) is 0 Å². The lowest BCUT2D eigenvalue weighted by Crippen LogP contribution is -2.17. The van der Waals surface area contributed by atoms with Crippen molar-refractivity contribution in [3.8, 4) is 5.88 Å². The summed E-state index contributed by atoms with van der Waals surface area (Å²) >= 11 is 5.89. The van der Waals surface area contributed by atoms with Crippen LogP contribution in [0.5, 0.6) is 5.88 Å². The Kier molecular flexibility index (Phi) is 4.37. The van der Waals surface area contributed by atoms with Crippen molar-refractivity contribution in [3.05, 3.63) is 76.9 Å². The van der Waals surface area contributed by atoms with Crippen LogP contribution < -0.4 is 4.74 Å². The topological polar surface area (TPSA) is 71.0 Å². The predicted molar refractivity (Wildman–Crippen MR) is 82.6 cm³/mol. The molecule has 0 aliphatic rings. The summed E-state index contributed by atoms with van der Waals surface area (Å²) in [7, 11) is 0. The van der Waals surface area contributed by atoms with E-state index in [0.29, 0.717) is 16.5 Å². The standard InChI is InChI=1S/C16H14ClN3O2/c17-13-8-6-11(7-9-13)15(21)16(12-4-2-1-3-5-12)22-14-10-18-20-19-14/h1-10,15-16,21H,(H,18,19,20). The number of aliphatic hydroxyl groups is 1. The highest BCUT2D eigenvalue weighted by molar-refractivity contribution is 6.30. The molecule has 1 aromatic heterocycles. The van der Waals surface area contributed by atoms with Gasteiger partial charge in [-0.3, -0.25) is 0 Å². The fourth-order valence-corrected chi connectivity index (χ4v) is 2.30. The molecule has 0 saturated heterocycles. The zero-order valence-electron chi connectivity index (χ0n) is 11.6. The molecule has 5 nitrogen and oxygen atoms in total. The van der Waals surface area contributed by atoms with Crippen LogP contribution in [0, 0.1) is 0 Å². The van der Waals surface area contributed by atoms with E-state index in [9.17, 15) is 5.11 Å². The van der Waals surface area contributed by atoms with Crippen molar-refractivity contribution in [3.63, 3.8) is 0 Å². The third-order valence-corrected chi connectivity index (χ3v) is 3.52. The highest BCUT2D eigenvalue weighted by Crippen LogP contribution is 2.33. The zero-order valence-corrected chi connectivity index (χ0v) is 12.3. The van der Waals surface area contributed by atoms with Crippen LogP contribution in [-0.2, 0) is 0 Å². The predicted octanol–water partition coefficient (Wildman–Crippen LogP) is 3.31. The molecule has 2 aromatic carbocycles. The normalized spacial score (nSPS) is 13.5. The number of hydrogen-bond acceptors (Lipinski definition) is 4. The van der Waals surface area contributed by atoms with E-state index in [-0.39, 0.29) is 0 Å². The van der Waals surface area contributed by atoms with Gasteiger partial charge >= 0.3 is 0 Å². The number of benzene rings is 2. The fraction of sp³-hybridized carbons (Fsp3) is 0.125. The molecule has 22 heavy (non-hydrogen) atoms. The van der Waals surface area contributed by atoms with Gasteiger partial charge in [-0.1, -0.05) is 54.1 Å². The quantitative estimate of drug-likeness (QED) is 0.757. The fourth-order valence-electron chi connectivity index (χ4n) is 2.17. The lowest BCUT2D eigenvalue weighted by atomic mass is 9.98. The molecule has 2 unspecified atom stereocenters. The van der Waals surface area contributed by atoms with Crippen molar-refractivity contribution < 1.29 is 9.84 Å². The van der Waals surface area contributed by atoms with Crippen LogP contribution in [0.2, 0.25) is 5.02 Å². The summed E-state index contributed by atoms with van der Waals surface area (Å²) in [6, 6.07) is 16.5. The largest absolute Gasteiger partial charge is 0.464 e. The van der Waals surface area contributed by atoms with Gasteiger partial charge in [-0.2, -0.15) is 10.3 Å². The maximum atomic E-state index is 10.7. The number of aromatic amines is 1. The third-order valence-electron chi connectivity index (χ3n) is 3.27. The molecule has 6 heteroatoms. The molecule has 2 N–H and O–H groups in total. The second kappa shape index (κ2) is 6.60. The number of hydrogen-bond donors (Lipinski definition) is 2. The average Bonchev–Trinajstić information content (AvgIpc) is 3.07. The molecule has 3 rings (SSSR count). The first-order chi connectivity index (χ1) is 10.7. The molecule has 0 fully saturated rings. The van der Waals surface area contributed by atoms with Crippen LogP contribution in [0.3, 0.4) is 0 Å². The first-order valence-corrected chi connectivity index (χ1v) is 7.13. The number of halogens is 1. The number of aliphatic hydroxyl groups excluding tert-OH is 1. The number of nitrogens with one attached hydrogen (secondary N) is 1. The van der Waals surface area contributed by atoms with Crippen molar-refractivity contribution in [1.82, 2.24) is 15.4 Å². The van der Waals surface area contributed by atoms with Crippen molar-refractivity contribution in [2.75, 3.05) is 0 Å². The van der Waals surface area contributed by atoms with Gasteiger partial charge < -0.3 is 9.84 Å². The second-order valence-corrected chi connectivity index (χ2v) is 5.19. The summed E-state index contributed by atoms with van der Waals surface area (Å²) in [6.07, 6.45) is -0.00585.